The molecule has 298 valence electrons. The molecule has 0 aliphatic heterocycles. The first-order valence-electron chi connectivity index (χ1n) is 21.6. The van der Waals surface area contributed by atoms with Gasteiger partial charge in [-0.15, -0.1) is 0 Å². The molecule has 5 aromatic heterocycles. The van der Waals surface area contributed by atoms with E-state index in [9.17, 15) is 0 Å². The van der Waals surface area contributed by atoms with Crippen LogP contribution in [-0.4, -0.2) is 33.2 Å². The van der Waals surface area contributed by atoms with Gasteiger partial charge in [0.25, 0.3) is 0 Å². The number of para-hydroxylation sites is 6. The number of rotatable bonds is 5. The minimum Gasteiger partial charge on any atom is -0.309 e. The van der Waals surface area contributed by atoms with E-state index in [-0.39, 0.29) is 0 Å². The summed E-state index contributed by atoms with van der Waals surface area (Å²) in [5.74, 6) is 1.70. The lowest BCUT2D eigenvalue weighted by Crippen LogP contribution is -2.10. The van der Waals surface area contributed by atoms with Crippen molar-refractivity contribution < 1.29 is 0 Å². The summed E-state index contributed by atoms with van der Waals surface area (Å²) in [5, 5.41) is 9.20. The molecule has 0 N–H and O–H groups in total. The lowest BCUT2D eigenvalue weighted by Gasteiger charge is -2.13. The number of benzene rings is 9. The molecule has 64 heavy (non-hydrogen) atoms. The number of aromatic nitrogens is 7. The van der Waals surface area contributed by atoms with Crippen LogP contribution in [0.4, 0.5) is 0 Å². The quantitative estimate of drug-likeness (QED) is 0.174. The van der Waals surface area contributed by atoms with E-state index < -0.39 is 0 Å². The predicted octanol–water partition coefficient (Wildman–Crippen LogP) is 13.9. The smallest absolute Gasteiger partial charge is 0.240 e. The van der Waals surface area contributed by atoms with Crippen molar-refractivity contribution in [1.82, 2.24) is 33.2 Å². The van der Waals surface area contributed by atoms with Gasteiger partial charge < -0.3 is 9.13 Å². The Hall–Kier alpha value is -8.81. The lowest BCUT2D eigenvalue weighted by molar-refractivity contribution is 0.893. The van der Waals surface area contributed by atoms with Crippen LogP contribution in [0.25, 0.3) is 122 Å². The van der Waals surface area contributed by atoms with Gasteiger partial charge >= 0.3 is 0 Å². The first kappa shape index (κ1) is 34.9. The Morgan fingerprint density at radius 2 is 0.531 bits per heavy atom. The number of hydrogen-bond acceptors (Lipinski definition) is 3. The van der Waals surface area contributed by atoms with E-state index in [4.69, 9.17) is 15.0 Å². The molecule has 5 heterocycles. The highest BCUT2D eigenvalue weighted by Crippen LogP contribution is 2.42. The third kappa shape index (κ3) is 4.94. The molecule has 0 saturated heterocycles. The zero-order chi connectivity index (χ0) is 41.9. The van der Waals surface area contributed by atoms with Crippen LogP contribution in [0.2, 0.25) is 0 Å². The molecular formula is C57H35N7. The highest BCUT2D eigenvalue weighted by molar-refractivity contribution is 6.20. The molecule has 0 saturated carbocycles. The van der Waals surface area contributed by atoms with Gasteiger partial charge in [-0.3, -0.25) is 9.13 Å². The maximum absolute atomic E-state index is 5.53. The normalized spacial score (nSPS) is 12.1. The summed E-state index contributed by atoms with van der Waals surface area (Å²) in [6.07, 6.45) is 0. The average molecular weight is 818 g/mol. The van der Waals surface area contributed by atoms with E-state index in [0.717, 1.165) is 93.4 Å². The van der Waals surface area contributed by atoms with Crippen molar-refractivity contribution in [2.45, 2.75) is 0 Å². The average Bonchev–Trinajstić information content (AvgIpc) is 4.08. The fraction of sp³-hybridized carbons (Fsp3) is 0. The summed E-state index contributed by atoms with van der Waals surface area (Å²) in [4.78, 5) is 16.2. The number of hydrogen-bond donors (Lipinski definition) is 0. The molecule has 0 unspecified atom stereocenters. The lowest BCUT2D eigenvalue weighted by atomic mass is 10.1. The molecule has 0 fully saturated rings. The van der Waals surface area contributed by atoms with E-state index in [2.05, 4.69) is 212 Å². The third-order valence-corrected chi connectivity index (χ3v) is 13.0. The maximum Gasteiger partial charge on any atom is 0.240 e. The topological polar surface area (TPSA) is 58.4 Å². The van der Waals surface area contributed by atoms with Crippen molar-refractivity contribution in [1.29, 1.82) is 0 Å². The molecule has 9 aromatic carbocycles. The second-order valence-electron chi connectivity index (χ2n) is 16.5. The van der Waals surface area contributed by atoms with Crippen molar-refractivity contribution >= 4 is 87.2 Å². The molecule has 0 radical (unpaired) electrons. The van der Waals surface area contributed by atoms with Crippen LogP contribution >= 0.6 is 0 Å². The van der Waals surface area contributed by atoms with Crippen molar-refractivity contribution in [3.05, 3.63) is 212 Å². The van der Waals surface area contributed by atoms with Crippen LogP contribution in [0.15, 0.2) is 212 Å². The van der Waals surface area contributed by atoms with Crippen LogP contribution in [0.5, 0.6) is 0 Å². The highest BCUT2D eigenvalue weighted by atomic mass is 15.3. The van der Waals surface area contributed by atoms with E-state index >= 15 is 0 Å². The van der Waals surface area contributed by atoms with Crippen molar-refractivity contribution in [2.75, 3.05) is 0 Å². The van der Waals surface area contributed by atoms with Gasteiger partial charge in [-0.1, -0.05) is 140 Å². The van der Waals surface area contributed by atoms with Crippen LogP contribution in [-0.2, 0) is 0 Å². The molecule has 0 aliphatic rings. The number of nitrogens with zero attached hydrogens (tertiary/aromatic N) is 7. The van der Waals surface area contributed by atoms with E-state index in [1.807, 2.05) is 18.2 Å². The van der Waals surface area contributed by atoms with Gasteiger partial charge in [-0.05, 0) is 72.8 Å². The fourth-order valence-corrected chi connectivity index (χ4v) is 10.3. The molecule has 7 heteroatoms. The fourth-order valence-electron chi connectivity index (χ4n) is 10.3. The summed E-state index contributed by atoms with van der Waals surface area (Å²) >= 11 is 0. The van der Waals surface area contributed by atoms with Crippen molar-refractivity contribution in [2.24, 2.45) is 0 Å². The Bertz CT molecular complexity index is 3930. The van der Waals surface area contributed by atoms with E-state index in [1.165, 1.54) is 10.8 Å². The summed E-state index contributed by atoms with van der Waals surface area (Å²) in [6.45, 7) is 0. The molecule has 0 amide bonds. The van der Waals surface area contributed by atoms with Gasteiger partial charge in [-0.25, -0.2) is 0 Å². The van der Waals surface area contributed by atoms with Crippen LogP contribution in [0.3, 0.4) is 0 Å². The maximum atomic E-state index is 5.53. The zero-order valence-corrected chi connectivity index (χ0v) is 34.3. The third-order valence-electron chi connectivity index (χ3n) is 13.0. The predicted molar refractivity (Wildman–Crippen MR) is 263 cm³/mol. The van der Waals surface area contributed by atoms with Gasteiger partial charge in [0.1, 0.15) is 0 Å². The molecule has 0 bridgehead atoms. The molecular weight excluding hydrogens is 783 g/mol. The van der Waals surface area contributed by atoms with Crippen molar-refractivity contribution in [3.63, 3.8) is 0 Å². The van der Waals surface area contributed by atoms with Gasteiger partial charge in [0.15, 0.2) is 5.82 Å². The first-order valence-corrected chi connectivity index (χ1v) is 21.6. The Kier molecular flexibility index (Phi) is 7.27. The zero-order valence-electron chi connectivity index (χ0n) is 34.3. The first-order chi connectivity index (χ1) is 31.8. The van der Waals surface area contributed by atoms with Crippen molar-refractivity contribution in [3.8, 4) is 34.7 Å². The summed E-state index contributed by atoms with van der Waals surface area (Å²) in [5.41, 5.74) is 11.9. The largest absolute Gasteiger partial charge is 0.309 e. The SMILES string of the molecule is c1ccc(-c2nc(-n3c4ccccc4c4cc5c(cc43)c3ccccc3n5-c3ccccc3)nc(-n3c4ccccc4c4cc5c(cc43)c3ccccc3n5-c3ccccc3)n2)cc1. The van der Waals surface area contributed by atoms with E-state index in [1.54, 1.807) is 0 Å². The Labute approximate surface area is 366 Å². The van der Waals surface area contributed by atoms with Gasteiger partial charge in [0.2, 0.25) is 11.9 Å². The molecule has 0 aliphatic carbocycles. The van der Waals surface area contributed by atoms with Gasteiger partial charge in [-0.2, -0.15) is 15.0 Å². The molecule has 0 spiro atoms. The summed E-state index contributed by atoms with van der Waals surface area (Å²) < 4.78 is 9.22. The van der Waals surface area contributed by atoms with Crippen LogP contribution in [0.1, 0.15) is 0 Å². The second kappa shape index (κ2) is 13.3. The molecule has 7 nitrogen and oxygen atoms in total. The Balaban J connectivity index is 1.09. The summed E-state index contributed by atoms with van der Waals surface area (Å²) in [6, 6.07) is 75.4. The minimum absolute atomic E-state index is 0.550. The highest BCUT2D eigenvalue weighted by Gasteiger charge is 2.24. The van der Waals surface area contributed by atoms with E-state index in [0.29, 0.717) is 17.7 Å². The van der Waals surface area contributed by atoms with Gasteiger partial charge in [0.05, 0.1) is 44.1 Å². The van der Waals surface area contributed by atoms with Crippen LogP contribution in [0, 0.1) is 0 Å². The Morgan fingerprint density at radius 1 is 0.234 bits per heavy atom. The number of fused-ring (bicyclic) bond motifs is 12. The molecule has 14 aromatic rings. The standard InChI is InChI=1S/C57H35N7/c1-4-18-36(19-5-1)55-58-56(63-49-30-16-12-26-41(49)45-32-51-43(34-53(45)63)39-24-10-14-28-47(39)61(51)37-20-6-2-7-21-37)60-57(59-55)64-50-31-17-13-27-42(50)46-33-52-44(35-54(46)64)40-25-11-15-29-48(40)62(52)38-22-8-3-9-23-38/h1-35H. The second-order valence-corrected chi connectivity index (χ2v) is 16.5. The summed E-state index contributed by atoms with van der Waals surface area (Å²) in [7, 11) is 0. The molecule has 14 rings (SSSR count). The Morgan fingerprint density at radius 3 is 0.906 bits per heavy atom. The van der Waals surface area contributed by atoms with Crippen LogP contribution < -0.4 is 0 Å². The minimum atomic E-state index is 0.550. The molecule has 0 atom stereocenters. The monoisotopic (exact) mass is 817 g/mol. The van der Waals surface area contributed by atoms with Gasteiger partial charge in [0, 0.05) is 60.0 Å².